The standard InChI is InChI=1S/C14H18O4/c1-3-5-9-7-8-11(13(15)16)10(6-4-2)12(9)14(17)18/h7-8H,3-6H2,1-2H3,(H,15,16)(H,17,18). The topological polar surface area (TPSA) is 74.6 Å². The fourth-order valence-corrected chi connectivity index (χ4v) is 2.15. The molecule has 0 aliphatic rings. The molecule has 2 N–H and O–H groups in total. The minimum Gasteiger partial charge on any atom is -0.478 e. The molecule has 0 aliphatic carbocycles. The molecule has 1 rings (SSSR count). The number of carbonyl (C=O) groups is 2. The van der Waals surface area contributed by atoms with Gasteiger partial charge in [0, 0.05) is 0 Å². The molecule has 0 amide bonds. The van der Waals surface area contributed by atoms with E-state index in [1.807, 2.05) is 13.8 Å². The number of carboxylic acid groups (broad SMARTS) is 2. The smallest absolute Gasteiger partial charge is 0.336 e. The summed E-state index contributed by atoms with van der Waals surface area (Å²) in [5.74, 6) is -2.10. The van der Waals surface area contributed by atoms with Crippen LogP contribution in [0.15, 0.2) is 12.1 Å². The summed E-state index contributed by atoms with van der Waals surface area (Å²) in [5, 5.41) is 18.4. The lowest BCUT2D eigenvalue weighted by Crippen LogP contribution is -2.13. The lowest BCUT2D eigenvalue weighted by atomic mass is 9.91. The zero-order chi connectivity index (χ0) is 13.7. The van der Waals surface area contributed by atoms with Gasteiger partial charge in [0.15, 0.2) is 0 Å². The highest BCUT2D eigenvalue weighted by atomic mass is 16.4. The Balaban J connectivity index is 3.48. The molecule has 0 atom stereocenters. The van der Waals surface area contributed by atoms with Crippen molar-refractivity contribution in [1.82, 2.24) is 0 Å². The Labute approximate surface area is 106 Å². The molecule has 0 radical (unpaired) electrons. The van der Waals surface area contributed by atoms with E-state index in [1.165, 1.54) is 6.07 Å². The van der Waals surface area contributed by atoms with Gasteiger partial charge in [-0.25, -0.2) is 9.59 Å². The average molecular weight is 250 g/mol. The summed E-state index contributed by atoms with van der Waals surface area (Å²) in [6.45, 7) is 3.87. The van der Waals surface area contributed by atoms with Crippen LogP contribution in [-0.2, 0) is 12.8 Å². The van der Waals surface area contributed by atoms with E-state index < -0.39 is 11.9 Å². The highest BCUT2D eigenvalue weighted by Gasteiger charge is 2.20. The first-order valence-corrected chi connectivity index (χ1v) is 6.14. The first-order valence-electron chi connectivity index (χ1n) is 6.14. The van der Waals surface area contributed by atoms with E-state index in [0.29, 0.717) is 18.4 Å². The van der Waals surface area contributed by atoms with Crippen molar-refractivity contribution in [2.45, 2.75) is 39.5 Å². The van der Waals surface area contributed by atoms with Gasteiger partial charge in [0.05, 0.1) is 11.1 Å². The Bertz CT molecular complexity index is 463. The number of carboxylic acids is 2. The van der Waals surface area contributed by atoms with E-state index in [4.69, 9.17) is 5.11 Å². The maximum atomic E-state index is 11.4. The van der Waals surface area contributed by atoms with Crippen molar-refractivity contribution < 1.29 is 19.8 Å². The van der Waals surface area contributed by atoms with E-state index >= 15 is 0 Å². The van der Waals surface area contributed by atoms with Gasteiger partial charge in [-0.3, -0.25) is 0 Å². The Kier molecular flexibility index (Phi) is 4.89. The molecule has 18 heavy (non-hydrogen) atoms. The van der Waals surface area contributed by atoms with Crippen molar-refractivity contribution >= 4 is 11.9 Å². The van der Waals surface area contributed by atoms with Crippen LogP contribution in [0.25, 0.3) is 0 Å². The minimum atomic E-state index is -1.07. The van der Waals surface area contributed by atoms with Crippen LogP contribution in [0.2, 0.25) is 0 Å². The predicted octanol–water partition coefficient (Wildman–Crippen LogP) is 2.99. The Morgan fingerprint density at radius 2 is 1.61 bits per heavy atom. The lowest BCUT2D eigenvalue weighted by Gasteiger charge is -2.13. The summed E-state index contributed by atoms with van der Waals surface area (Å²) in [6, 6.07) is 3.14. The predicted molar refractivity (Wildman–Crippen MR) is 68.4 cm³/mol. The van der Waals surface area contributed by atoms with Crippen LogP contribution in [0.3, 0.4) is 0 Å². The molecule has 4 heteroatoms. The Morgan fingerprint density at radius 1 is 1.00 bits per heavy atom. The van der Waals surface area contributed by atoms with Crippen molar-refractivity contribution in [1.29, 1.82) is 0 Å². The van der Waals surface area contributed by atoms with Crippen LogP contribution < -0.4 is 0 Å². The highest BCUT2D eigenvalue weighted by molar-refractivity contribution is 5.97. The second kappa shape index (κ2) is 6.19. The van der Waals surface area contributed by atoms with E-state index in [0.717, 1.165) is 18.4 Å². The van der Waals surface area contributed by atoms with Gasteiger partial charge in [-0.15, -0.1) is 0 Å². The number of aryl methyl sites for hydroxylation is 1. The molecule has 0 spiro atoms. The molecule has 1 aromatic rings. The van der Waals surface area contributed by atoms with Gasteiger partial charge >= 0.3 is 11.9 Å². The van der Waals surface area contributed by atoms with Crippen LogP contribution in [-0.4, -0.2) is 22.2 Å². The van der Waals surface area contributed by atoms with Crippen molar-refractivity contribution in [2.75, 3.05) is 0 Å². The second-order valence-electron chi connectivity index (χ2n) is 4.24. The van der Waals surface area contributed by atoms with E-state index in [9.17, 15) is 14.7 Å². The number of benzene rings is 1. The molecular formula is C14H18O4. The third-order valence-electron chi connectivity index (χ3n) is 2.86. The molecule has 0 fully saturated rings. The number of rotatable bonds is 6. The summed E-state index contributed by atoms with van der Waals surface area (Å²) in [5.41, 5.74) is 1.45. The Morgan fingerprint density at radius 3 is 2.06 bits per heavy atom. The number of hydrogen-bond donors (Lipinski definition) is 2. The summed E-state index contributed by atoms with van der Waals surface area (Å²) in [6.07, 6.45) is 2.67. The highest BCUT2D eigenvalue weighted by Crippen LogP contribution is 2.23. The SMILES string of the molecule is CCCc1ccc(C(=O)O)c(CCC)c1C(=O)O. The molecule has 0 heterocycles. The lowest BCUT2D eigenvalue weighted by molar-refractivity contribution is 0.0694. The fourth-order valence-electron chi connectivity index (χ4n) is 2.15. The normalized spacial score (nSPS) is 10.3. The largest absolute Gasteiger partial charge is 0.478 e. The maximum absolute atomic E-state index is 11.4. The third kappa shape index (κ3) is 2.88. The first-order chi connectivity index (χ1) is 8.52. The molecule has 0 unspecified atom stereocenters. The maximum Gasteiger partial charge on any atom is 0.336 e. The summed E-state index contributed by atoms with van der Waals surface area (Å²) < 4.78 is 0. The van der Waals surface area contributed by atoms with Gasteiger partial charge in [0.1, 0.15) is 0 Å². The fraction of sp³-hybridized carbons (Fsp3) is 0.429. The van der Waals surface area contributed by atoms with Crippen LogP contribution in [0.5, 0.6) is 0 Å². The molecule has 0 saturated carbocycles. The van der Waals surface area contributed by atoms with Crippen LogP contribution in [0.4, 0.5) is 0 Å². The molecule has 0 aliphatic heterocycles. The van der Waals surface area contributed by atoms with E-state index in [1.54, 1.807) is 6.07 Å². The van der Waals surface area contributed by atoms with E-state index in [-0.39, 0.29) is 11.1 Å². The van der Waals surface area contributed by atoms with Crippen molar-refractivity contribution in [3.05, 3.63) is 34.4 Å². The van der Waals surface area contributed by atoms with Crippen molar-refractivity contribution in [2.24, 2.45) is 0 Å². The van der Waals surface area contributed by atoms with Crippen molar-refractivity contribution in [3.8, 4) is 0 Å². The molecule has 1 aromatic carbocycles. The molecule has 4 nitrogen and oxygen atoms in total. The third-order valence-corrected chi connectivity index (χ3v) is 2.86. The minimum absolute atomic E-state index is 0.106. The summed E-state index contributed by atoms with van der Waals surface area (Å²) in [4.78, 5) is 22.5. The van der Waals surface area contributed by atoms with Gasteiger partial charge in [-0.2, -0.15) is 0 Å². The van der Waals surface area contributed by atoms with E-state index in [2.05, 4.69) is 0 Å². The summed E-state index contributed by atoms with van der Waals surface area (Å²) in [7, 11) is 0. The zero-order valence-electron chi connectivity index (χ0n) is 10.7. The average Bonchev–Trinajstić information content (AvgIpc) is 2.29. The first kappa shape index (κ1) is 14.2. The Hall–Kier alpha value is -1.84. The zero-order valence-corrected chi connectivity index (χ0v) is 10.7. The monoisotopic (exact) mass is 250 g/mol. The van der Waals surface area contributed by atoms with Gasteiger partial charge in [-0.05, 0) is 30.0 Å². The second-order valence-corrected chi connectivity index (χ2v) is 4.24. The van der Waals surface area contributed by atoms with Crippen LogP contribution in [0, 0.1) is 0 Å². The van der Waals surface area contributed by atoms with Crippen LogP contribution in [0.1, 0.15) is 58.5 Å². The van der Waals surface area contributed by atoms with Crippen molar-refractivity contribution in [3.63, 3.8) is 0 Å². The molecule has 0 aromatic heterocycles. The van der Waals surface area contributed by atoms with Gasteiger partial charge < -0.3 is 10.2 Å². The number of aromatic carboxylic acids is 2. The molecule has 98 valence electrons. The quantitative estimate of drug-likeness (QED) is 0.813. The number of hydrogen-bond acceptors (Lipinski definition) is 2. The van der Waals surface area contributed by atoms with Gasteiger partial charge in [0.25, 0.3) is 0 Å². The van der Waals surface area contributed by atoms with Gasteiger partial charge in [0.2, 0.25) is 0 Å². The molecule has 0 bridgehead atoms. The molecule has 0 saturated heterocycles. The van der Waals surface area contributed by atoms with Gasteiger partial charge in [-0.1, -0.05) is 32.8 Å². The summed E-state index contributed by atoms with van der Waals surface area (Å²) >= 11 is 0. The molecular weight excluding hydrogens is 232 g/mol. The van der Waals surface area contributed by atoms with Crippen LogP contribution >= 0.6 is 0 Å².